The molecular formula is C17H14N8O2S. The highest BCUT2D eigenvalue weighted by Gasteiger charge is 2.18. The van der Waals surface area contributed by atoms with Gasteiger partial charge < -0.3 is 0 Å². The molecule has 140 valence electrons. The predicted molar refractivity (Wildman–Crippen MR) is 104 cm³/mol. The minimum absolute atomic E-state index is 0.0192. The molecule has 5 heterocycles. The number of nitro groups is 1. The van der Waals surface area contributed by atoms with Gasteiger partial charge in [-0.25, -0.2) is 19.5 Å². The maximum Gasteiger partial charge on any atom is 0.309 e. The first-order chi connectivity index (χ1) is 13.4. The molecule has 0 fully saturated rings. The van der Waals surface area contributed by atoms with Crippen LogP contribution in [0.1, 0.15) is 22.8 Å². The number of aromatic nitrogens is 7. The van der Waals surface area contributed by atoms with Crippen LogP contribution in [0.25, 0.3) is 26.1 Å². The van der Waals surface area contributed by atoms with E-state index in [1.807, 2.05) is 13.0 Å². The third-order valence-electron chi connectivity index (χ3n) is 4.56. The largest absolute Gasteiger partial charge is 0.309 e. The Kier molecular flexibility index (Phi) is 3.43. The van der Waals surface area contributed by atoms with Gasteiger partial charge in [0.05, 0.1) is 10.4 Å². The summed E-state index contributed by atoms with van der Waals surface area (Å²) in [7, 11) is 0. The van der Waals surface area contributed by atoms with Crippen LogP contribution in [0.2, 0.25) is 0 Å². The van der Waals surface area contributed by atoms with Gasteiger partial charge in [-0.3, -0.25) is 14.8 Å². The number of hydrogen-bond donors (Lipinski definition) is 0. The van der Waals surface area contributed by atoms with E-state index in [1.54, 1.807) is 29.1 Å². The van der Waals surface area contributed by atoms with Gasteiger partial charge in [0.2, 0.25) is 0 Å². The van der Waals surface area contributed by atoms with Crippen LogP contribution >= 0.6 is 11.3 Å². The first-order valence-electron chi connectivity index (χ1n) is 8.50. The number of fused-ring (bicyclic) bond motifs is 5. The fourth-order valence-electron chi connectivity index (χ4n) is 3.39. The smallest absolute Gasteiger partial charge is 0.258 e. The van der Waals surface area contributed by atoms with Gasteiger partial charge in [-0.1, -0.05) is 0 Å². The molecule has 0 N–H and O–H groups in total. The molecule has 5 aromatic rings. The first kappa shape index (κ1) is 16.7. The molecule has 0 bridgehead atoms. The lowest BCUT2D eigenvalue weighted by atomic mass is 10.1. The summed E-state index contributed by atoms with van der Waals surface area (Å²) < 4.78 is 4.02. The Morgan fingerprint density at radius 3 is 2.79 bits per heavy atom. The molecule has 10 nitrogen and oxygen atoms in total. The summed E-state index contributed by atoms with van der Waals surface area (Å²) in [6.45, 7) is 5.87. The number of thiophene rings is 1. The van der Waals surface area contributed by atoms with E-state index < -0.39 is 4.92 Å². The summed E-state index contributed by atoms with van der Waals surface area (Å²) in [6.07, 6.45) is 3.03. The molecule has 0 saturated carbocycles. The van der Waals surface area contributed by atoms with Crippen molar-refractivity contribution in [3.05, 3.63) is 51.5 Å². The minimum atomic E-state index is -0.447. The number of hydrogen-bond acceptors (Lipinski definition) is 8. The molecule has 0 aromatic carbocycles. The zero-order valence-corrected chi connectivity index (χ0v) is 16.1. The monoisotopic (exact) mass is 394 g/mol. The van der Waals surface area contributed by atoms with Gasteiger partial charge in [0.25, 0.3) is 0 Å². The molecule has 28 heavy (non-hydrogen) atoms. The van der Waals surface area contributed by atoms with E-state index in [9.17, 15) is 10.1 Å². The van der Waals surface area contributed by atoms with Crippen LogP contribution < -0.4 is 0 Å². The van der Waals surface area contributed by atoms with Crippen molar-refractivity contribution in [1.29, 1.82) is 0 Å². The minimum Gasteiger partial charge on any atom is -0.258 e. The summed E-state index contributed by atoms with van der Waals surface area (Å²) in [4.78, 5) is 25.3. The zero-order valence-electron chi connectivity index (χ0n) is 15.2. The Balaban J connectivity index is 1.64. The molecule has 0 radical (unpaired) electrons. The van der Waals surface area contributed by atoms with Crippen molar-refractivity contribution in [3.63, 3.8) is 0 Å². The molecule has 0 amide bonds. The van der Waals surface area contributed by atoms with E-state index in [1.165, 1.54) is 10.9 Å². The topological polar surface area (TPSA) is 117 Å². The van der Waals surface area contributed by atoms with Crippen molar-refractivity contribution in [3.8, 4) is 0 Å². The van der Waals surface area contributed by atoms with Gasteiger partial charge in [-0.2, -0.15) is 5.10 Å². The predicted octanol–water partition coefficient (Wildman–Crippen LogP) is 2.97. The molecule has 5 aromatic heterocycles. The Bertz CT molecular complexity index is 1410. The maximum absolute atomic E-state index is 11.0. The fraction of sp³-hybridized carbons (Fsp3) is 0.235. The van der Waals surface area contributed by atoms with Crippen LogP contribution in [0.4, 0.5) is 5.69 Å². The Morgan fingerprint density at radius 2 is 2.04 bits per heavy atom. The Morgan fingerprint density at radius 1 is 1.21 bits per heavy atom. The standard InChI is InChI=1S/C17H14N8O2S/c1-8-4-9(2)19-17-13(8)14-15(28-17)16-20-12(22-24(16)7-18-14)6-23-5-11(25(26)27)10(3)21-23/h4-5,7H,6H2,1-3H3. The second kappa shape index (κ2) is 5.76. The van der Waals surface area contributed by atoms with Crippen LogP contribution in [-0.4, -0.2) is 39.3 Å². The molecule has 0 aliphatic heterocycles. The summed E-state index contributed by atoms with van der Waals surface area (Å²) in [5.41, 5.74) is 3.99. The van der Waals surface area contributed by atoms with Gasteiger partial charge >= 0.3 is 5.69 Å². The molecule has 0 aliphatic carbocycles. The molecule has 5 rings (SSSR count). The maximum atomic E-state index is 11.0. The van der Waals surface area contributed by atoms with Crippen molar-refractivity contribution in [2.45, 2.75) is 27.3 Å². The lowest BCUT2D eigenvalue weighted by Crippen LogP contribution is -2.02. The number of nitrogens with zero attached hydrogens (tertiary/aromatic N) is 8. The van der Waals surface area contributed by atoms with Gasteiger partial charge in [0.15, 0.2) is 11.5 Å². The average molecular weight is 394 g/mol. The highest BCUT2D eigenvalue weighted by molar-refractivity contribution is 7.26. The van der Waals surface area contributed by atoms with Gasteiger partial charge in [0, 0.05) is 11.1 Å². The zero-order chi connectivity index (χ0) is 19.6. The van der Waals surface area contributed by atoms with Crippen LogP contribution in [-0.2, 0) is 6.54 Å². The van der Waals surface area contributed by atoms with Crippen molar-refractivity contribution in [1.82, 2.24) is 34.3 Å². The van der Waals surface area contributed by atoms with Crippen LogP contribution in [0, 0.1) is 30.9 Å². The van der Waals surface area contributed by atoms with Crippen molar-refractivity contribution < 1.29 is 4.92 Å². The summed E-state index contributed by atoms with van der Waals surface area (Å²) >= 11 is 1.54. The third kappa shape index (κ3) is 2.43. The lowest BCUT2D eigenvalue weighted by Gasteiger charge is -1.98. The first-order valence-corrected chi connectivity index (χ1v) is 9.31. The molecule has 0 spiro atoms. The van der Waals surface area contributed by atoms with E-state index in [0.717, 1.165) is 31.7 Å². The Hall–Kier alpha value is -3.47. The normalized spacial score (nSPS) is 11.8. The lowest BCUT2D eigenvalue weighted by molar-refractivity contribution is -0.385. The van der Waals surface area contributed by atoms with Crippen molar-refractivity contribution in [2.24, 2.45) is 0 Å². The SMILES string of the molecule is Cc1cc(C)c2c(n1)sc1c2ncn2nc(Cn3cc([N+](=O)[O-])c(C)n3)nc12. The molecule has 0 unspecified atom stereocenters. The molecule has 0 saturated heterocycles. The fourth-order valence-corrected chi connectivity index (χ4v) is 4.62. The number of rotatable bonds is 3. The van der Waals surface area contributed by atoms with Crippen LogP contribution in [0.5, 0.6) is 0 Å². The van der Waals surface area contributed by atoms with E-state index in [4.69, 9.17) is 0 Å². The summed E-state index contributed by atoms with van der Waals surface area (Å²) in [5.74, 6) is 0.505. The van der Waals surface area contributed by atoms with Crippen molar-refractivity contribution in [2.75, 3.05) is 0 Å². The highest BCUT2D eigenvalue weighted by Crippen LogP contribution is 2.35. The third-order valence-corrected chi connectivity index (χ3v) is 5.63. The second-order valence-electron chi connectivity index (χ2n) is 6.64. The number of aryl methyl sites for hydroxylation is 3. The van der Waals surface area contributed by atoms with E-state index in [-0.39, 0.29) is 12.2 Å². The second-order valence-corrected chi connectivity index (χ2v) is 7.63. The van der Waals surface area contributed by atoms with Crippen molar-refractivity contribution >= 4 is 43.1 Å². The molecule has 0 aliphatic rings. The van der Waals surface area contributed by atoms with Crippen LogP contribution in [0.15, 0.2) is 18.6 Å². The van der Waals surface area contributed by atoms with E-state index in [0.29, 0.717) is 17.2 Å². The molecule has 0 atom stereocenters. The van der Waals surface area contributed by atoms with Gasteiger partial charge in [-0.15, -0.1) is 16.4 Å². The van der Waals surface area contributed by atoms with Gasteiger partial charge in [-0.05, 0) is 32.4 Å². The highest BCUT2D eigenvalue weighted by atomic mass is 32.1. The van der Waals surface area contributed by atoms with E-state index in [2.05, 4.69) is 32.1 Å². The number of pyridine rings is 1. The quantitative estimate of drug-likeness (QED) is 0.341. The summed E-state index contributed by atoms with van der Waals surface area (Å²) in [6, 6.07) is 2.04. The summed E-state index contributed by atoms with van der Waals surface area (Å²) in [5, 5.41) is 20.7. The Labute approximate surface area is 161 Å². The van der Waals surface area contributed by atoms with E-state index >= 15 is 0 Å². The average Bonchev–Trinajstić information content (AvgIpc) is 3.28. The van der Waals surface area contributed by atoms with Crippen LogP contribution in [0.3, 0.4) is 0 Å². The van der Waals surface area contributed by atoms with Gasteiger partial charge in [0.1, 0.15) is 34.3 Å². The molecule has 11 heteroatoms. The molecular weight excluding hydrogens is 380 g/mol.